The average molecular weight is 457 g/mol. The Labute approximate surface area is 196 Å². The summed E-state index contributed by atoms with van der Waals surface area (Å²) in [5.74, 6) is 2.89. The Kier molecular flexibility index (Phi) is 5.37. The molecule has 0 radical (unpaired) electrons. The third kappa shape index (κ3) is 3.52. The van der Waals surface area contributed by atoms with E-state index in [4.69, 9.17) is 0 Å². The van der Waals surface area contributed by atoms with Gasteiger partial charge in [-0.1, -0.05) is 30.0 Å². The van der Waals surface area contributed by atoms with Gasteiger partial charge in [0.05, 0.1) is 12.0 Å². The lowest BCUT2D eigenvalue weighted by atomic mass is 9.73. The topological polar surface area (TPSA) is 53.5 Å². The van der Waals surface area contributed by atoms with Crippen LogP contribution in [0.1, 0.15) is 41.5 Å². The molecule has 2 aromatic carbocycles. The summed E-state index contributed by atoms with van der Waals surface area (Å²) >= 11 is 0. The summed E-state index contributed by atoms with van der Waals surface area (Å²) in [5, 5.41) is 0. The fourth-order valence-corrected chi connectivity index (χ4v) is 4.94. The number of benzene rings is 2. The molecule has 0 bridgehead atoms. The van der Waals surface area contributed by atoms with Crippen LogP contribution in [0, 0.1) is 23.5 Å². The molecule has 1 fully saturated rings. The number of rotatable bonds is 1. The van der Waals surface area contributed by atoms with E-state index >= 15 is 8.78 Å². The van der Waals surface area contributed by atoms with Crippen LogP contribution in [0.2, 0.25) is 0 Å². The molecule has 2 aliphatic rings. The zero-order valence-electron chi connectivity index (χ0n) is 18.5. The second kappa shape index (κ2) is 8.38. The van der Waals surface area contributed by atoms with Crippen molar-refractivity contribution in [1.82, 2.24) is 9.88 Å². The minimum Gasteiger partial charge on any atom is -0.317 e. The number of carbonyl (C=O) groups is 2. The van der Waals surface area contributed by atoms with Crippen molar-refractivity contribution in [3.8, 4) is 11.8 Å². The Hall–Kier alpha value is -4.05. The highest BCUT2D eigenvalue weighted by atomic mass is 19.1. The molecule has 1 aliphatic heterocycles. The Bertz CT molecular complexity index is 1340. The third-order valence-corrected chi connectivity index (χ3v) is 6.62. The van der Waals surface area contributed by atoms with E-state index in [9.17, 15) is 9.59 Å². The number of aryl methyl sites for hydroxylation is 1. The molecule has 5 rings (SSSR count). The van der Waals surface area contributed by atoms with Crippen LogP contribution < -0.4 is 4.90 Å². The molecule has 34 heavy (non-hydrogen) atoms. The first-order valence-electron chi connectivity index (χ1n) is 11.0. The smallest absolute Gasteiger partial charge is 0.317 e. The fraction of sp³-hybridized carbons (Fsp3) is 0.222. The van der Waals surface area contributed by atoms with Crippen LogP contribution in [-0.4, -0.2) is 28.9 Å². The zero-order valence-corrected chi connectivity index (χ0v) is 18.5. The number of anilines is 1. The number of nitrogens with zero attached hydrogens (tertiary/aromatic N) is 3. The highest BCUT2D eigenvalue weighted by Crippen LogP contribution is 2.46. The third-order valence-electron chi connectivity index (χ3n) is 6.62. The van der Waals surface area contributed by atoms with Gasteiger partial charge in [0, 0.05) is 30.6 Å². The number of carbonyl (C=O) groups excluding carboxylic acids is 2. The Morgan fingerprint density at radius 1 is 1.00 bits per heavy atom. The van der Waals surface area contributed by atoms with E-state index in [1.807, 2.05) is 24.3 Å². The number of urea groups is 1. The molecular weight excluding hydrogens is 436 g/mol. The van der Waals surface area contributed by atoms with Gasteiger partial charge in [0.2, 0.25) is 5.91 Å². The van der Waals surface area contributed by atoms with E-state index in [-0.39, 0.29) is 12.0 Å². The van der Waals surface area contributed by atoms with Crippen molar-refractivity contribution in [2.45, 2.75) is 31.2 Å². The molecule has 3 amide bonds. The van der Waals surface area contributed by atoms with Gasteiger partial charge in [0.15, 0.2) is 11.6 Å². The molecule has 0 saturated carbocycles. The predicted molar refractivity (Wildman–Crippen MR) is 123 cm³/mol. The van der Waals surface area contributed by atoms with Crippen LogP contribution in [0.5, 0.6) is 0 Å². The Morgan fingerprint density at radius 3 is 2.44 bits per heavy atom. The van der Waals surface area contributed by atoms with Crippen molar-refractivity contribution in [3.05, 3.63) is 94.8 Å². The van der Waals surface area contributed by atoms with Crippen LogP contribution >= 0.6 is 0 Å². The minimum atomic E-state index is -1.02. The molecule has 1 atom stereocenters. The first-order chi connectivity index (χ1) is 16.4. The second-order valence-corrected chi connectivity index (χ2v) is 8.57. The first kappa shape index (κ1) is 21.8. The molecule has 5 nitrogen and oxygen atoms in total. The van der Waals surface area contributed by atoms with E-state index in [0.717, 1.165) is 36.1 Å². The standard InChI is InChI=1S/C27H21F2N3O2/c1-31-26(34)32(24(33)16-27(31)12-5-8-20-17-30-13-11-21(20)27)25-22(28)14-19(15-23(25)29)10-9-18-6-3-2-4-7-18/h2-4,6-7,11,13-15,17H,5,8,12,16H2,1H3/t27-/m0/s1. The fourth-order valence-electron chi connectivity index (χ4n) is 4.94. The van der Waals surface area contributed by atoms with E-state index in [1.54, 1.807) is 31.6 Å². The minimum absolute atomic E-state index is 0.0688. The number of imide groups is 1. The van der Waals surface area contributed by atoms with Gasteiger partial charge in [-0.2, -0.15) is 0 Å². The molecule has 2 heterocycles. The van der Waals surface area contributed by atoms with Crippen molar-refractivity contribution < 1.29 is 18.4 Å². The molecular formula is C27H21F2N3O2. The van der Waals surface area contributed by atoms with E-state index < -0.39 is 34.8 Å². The number of hydrogen-bond acceptors (Lipinski definition) is 3. The monoisotopic (exact) mass is 457 g/mol. The molecule has 170 valence electrons. The lowest BCUT2D eigenvalue weighted by molar-refractivity contribution is -0.123. The summed E-state index contributed by atoms with van der Waals surface area (Å²) in [7, 11) is 1.58. The van der Waals surface area contributed by atoms with Gasteiger partial charge in [0.25, 0.3) is 0 Å². The average Bonchev–Trinajstić information content (AvgIpc) is 2.84. The maximum absolute atomic E-state index is 15.1. The maximum Gasteiger partial charge on any atom is 0.332 e. The number of pyridine rings is 1. The zero-order chi connectivity index (χ0) is 23.9. The van der Waals surface area contributed by atoms with Crippen molar-refractivity contribution >= 4 is 17.6 Å². The number of amides is 3. The van der Waals surface area contributed by atoms with Crippen molar-refractivity contribution in [2.24, 2.45) is 0 Å². The van der Waals surface area contributed by atoms with Gasteiger partial charge in [-0.3, -0.25) is 9.78 Å². The lowest BCUT2D eigenvalue weighted by Gasteiger charge is -2.50. The maximum atomic E-state index is 15.1. The Morgan fingerprint density at radius 2 is 1.71 bits per heavy atom. The molecule has 0 N–H and O–H groups in total. The van der Waals surface area contributed by atoms with Gasteiger partial charge in [-0.25, -0.2) is 18.5 Å². The van der Waals surface area contributed by atoms with Crippen molar-refractivity contribution in [3.63, 3.8) is 0 Å². The largest absolute Gasteiger partial charge is 0.332 e. The molecule has 7 heteroatoms. The van der Waals surface area contributed by atoms with E-state index in [0.29, 0.717) is 16.9 Å². The molecule has 1 aliphatic carbocycles. The number of halogens is 2. The van der Waals surface area contributed by atoms with Crippen LogP contribution in [0.25, 0.3) is 0 Å². The van der Waals surface area contributed by atoms with Crippen LogP contribution in [0.3, 0.4) is 0 Å². The van der Waals surface area contributed by atoms with Gasteiger partial charge < -0.3 is 4.90 Å². The highest BCUT2D eigenvalue weighted by molar-refractivity contribution is 6.16. The van der Waals surface area contributed by atoms with Gasteiger partial charge in [-0.05, 0) is 60.7 Å². The van der Waals surface area contributed by atoms with Crippen LogP contribution in [-0.2, 0) is 16.8 Å². The van der Waals surface area contributed by atoms with Gasteiger partial charge in [-0.15, -0.1) is 0 Å². The van der Waals surface area contributed by atoms with Gasteiger partial charge in [0.1, 0.15) is 5.69 Å². The summed E-state index contributed by atoms with van der Waals surface area (Å²) in [6.07, 6.45) is 5.49. The van der Waals surface area contributed by atoms with Crippen molar-refractivity contribution in [1.29, 1.82) is 0 Å². The number of aromatic nitrogens is 1. The van der Waals surface area contributed by atoms with E-state index in [2.05, 4.69) is 16.8 Å². The SMILES string of the molecule is CN1C(=O)N(c2c(F)cc(C#Cc3ccccc3)cc2F)C(=O)C[C@]12CCCc1cnccc12. The summed E-state index contributed by atoms with van der Waals surface area (Å²) < 4.78 is 30.2. The number of hydrogen-bond donors (Lipinski definition) is 0. The predicted octanol–water partition coefficient (Wildman–Crippen LogP) is 4.78. The summed E-state index contributed by atoms with van der Waals surface area (Å²) in [6, 6.07) is 12.2. The second-order valence-electron chi connectivity index (χ2n) is 8.57. The van der Waals surface area contributed by atoms with Gasteiger partial charge >= 0.3 is 6.03 Å². The summed E-state index contributed by atoms with van der Waals surface area (Å²) in [4.78, 5) is 32.8. The van der Waals surface area contributed by atoms with Crippen LogP contribution in [0.4, 0.5) is 19.3 Å². The molecule has 1 spiro atoms. The highest BCUT2D eigenvalue weighted by Gasteiger charge is 2.51. The Balaban J connectivity index is 1.50. The summed E-state index contributed by atoms with van der Waals surface area (Å²) in [6.45, 7) is 0. The number of fused-ring (bicyclic) bond motifs is 2. The molecule has 1 saturated heterocycles. The van der Waals surface area contributed by atoms with Crippen LogP contribution in [0.15, 0.2) is 60.9 Å². The summed E-state index contributed by atoms with van der Waals surface area (Å²) in [5.41, 5.74) is 1.13. The molecule has 0 unspecified atom stereocenters. The normalized spacial score (nSPS) is 19.6. The van der Waals surface area contributed by atoms with E-state index in [1.165, 1.54) is 4.90 Å². The molecule has 1 aromatic heterocycles. The quantitative estimate of drug-likeness (QED) is 0.494. The van der Waals surface area contributed by atoms with Crippen molar-refractivity contribution in [2.75, 3.05) is 11.9 Å². The first-order valence-corrected chi connectivity index (χ1v) is 11.0. The lowest BCUT2D eigenvalue weighted by Crippen LogP contribution is -2.62. The molecule has 3 aromatic rings.